The van der Waals surface area contributed by atoms with Crippen LogP contribution in [0.4, 0.5) is 4.79 Å². The Morgan fingerprint density at radius 3 is 2.07 bits per heavy atom. The molecule has 0 fully saturated rings. The van der Waals surface area contributed by atoms with Crippen molar-refractivity contribution < 1.29 is 4.79 Å². The van der Waals surface area contributed by atoms with Gasteiger partial charge in [-0.2, -0.15) is 0 Å². The van der Waals surface area contributed by atoms with E-state index in [-0.39, 0.29) is 6.03 Å². The molecule has 0 aliphatic carbocycles. The van der Waals surface area contributed by atoms with Crippen molar-refractivity contribution in [3.8, 4) is 0 Å². The predicted molar refractivity (Wildman–Crippen MR) is 60.4 cm³/mol. The monoisotopic (exact) mass is 200 g/mol. The number of amides is 2. The zero-order chi connectivity index (χ0) is 11.3. The zero-order valence-corrected chi connectivity index (χ0v) is 10.4. The third-order valence-electron chi connectivity index (χ3n) is 2.58. The zero-order valence-electron chi connectivity index (χ0n) is 10.4. The molecule has 0 aliphatic heterocycles. The molecule has 0 bridgehead atoms. The second kappa shape index (κ2) is 5.89. The summed E-state index contributed by atoms with van der Waals surface area (Å²) in [6, 6.07) is 0.428. The Bertz CT molecular complexity index is 180. The highest BCUT2D eigenvalue weighted by atomic mass is 16.2. The third-order valence-corrected chi connectivity index (χ3v) is 2.58. The van der Waals surface area contributed by atoms with Gasteiger partial charge >= 0.3 is 6.03 Å². The smallest absolute Gasteiger partial charge is 0.319 e. The van der Waals surface area contributed by atoms with E-state index >= 15 is 0 Å². The van der Waals surface area contributed by atoms with E-state index in [1.807, 2.05) is 25.9 Å². The predicted octanol–water partition coefficient (Wildman–Crippen LogP) is 2.42. The van der Waals surface area contributed by atoms with E-state index in [0.717, 1.165) is 13.0 Å². The molecule has 1 unspecified atom stereocenters. The lowest BCUT2D eigenvalue weighted by Gasteiger charge is -2.30. The topological polar surface area (TPSA) is 23.6 Å². The van der Waals surface area contributed by atoms with E-state index in [4.69, 9.17) is 0 Å². The summed E-state index contributed by atoms with van der Waals surface area (Å²) in [6.07, 6.45) is 1.06. The molecule has 14 heavy (non-hydrogen) atoms. The van der Waals surface area contributed by atoms with Crippen LogP contribution in [-0.2, 0) is 0 Å². The van der Waals surface area contributed by atoms with Crippen LogP contribution in [0.2, 0.25) is 0 Å². The molecule has 0 aromatic carbocycles. The van der Waals surface area contributed by atoms with Crippen molar-refractivity contribution >= 4 is 6.03 Å². The second-order valence-electron chi connectivity index (χ2n) is 4.39. The maximum Gasteiger partial charge on any atom is 0.319 e. The molecule has 2 amide bonds. The lowest BCUT2D eigenvalue weighted by Crippen LogP contribution is -2.43. The SMILES string of the molecule is CCN(C)C(=O)N(C)C(C)CC(C)C. The van der Waals surface area contributed by atoms with Crippen LogP contribution >= 0.6 is 0 Å². The molecule has 0 aromatic heterocycles. The molecule has 0 spiro atoms. The van der Waals surface area contributed by atoms with Crippen molar-refractivity contribution in [3.05, 3.63) is 0 Å². The highest BCUT2D eigenvalue weighted by Gasteiger charge is 2.18. The lowest BCUT2D eigenvalue weighted by atomic mass is 10.0. The molecule has 0 saturated heterocycles. The average Bonchev–Trinajstić information content (AvgIpc) is 2.13. The summed E-state index contributed by atoms with van der Waals surface area (Å²) in [7, 11) is 3.71. The molecular weight excluding hydrogens is 176 g/mol. The van der Waals surface area contributed by atoms with Gasteiger partial charge in [-0.05, 0) is 26.2 Å². The van der Waals surface area contributed by atoms with E-state index < -0.39 is 0 Å². The third kappa shape index (κ3) is 3.99. The first-order valence-corrected chi connectivity index (χ1v) is 5.38. The number of carbonyl (C=O) groups excluding carboxylic acids is 1. The second-order valence-corrected chi connectivity index (χ2v) is 4.39. The maximum absolute atomic E-state index is 11.7. The standard InChI is InChI=1S/C11H24N2O/c1-7-12(5)11(14)13(6)10(4)8-9(2)3/h9-10H,7-8H2,1-6H3. The van der Waals surface area contributed by atoms with Crippen molar-refractivity contribution in [1.29, 1.82) is 0 Å². The Kier molecular flexibility index (Phi) is 5.58. The van der Waals surface area contributed by atoms with Crippen LogP contribution in [-0.4, -0.2) is 42.5 Å². The fourth-order valence-corrected chi connectivity index (χ4v) is 1.43. The van der Waals surface area contributed by atoms with Crippen LogP contribution in [0, 0.1) is 5.92 Å². The van der Waals surface area contributed by atoms with Crippen LogP contribution in [0.15, 0.2) is 0 Å². The molecular formula is C11H24N2O. The number of hydrogen-bond acceptors (Lipinski definition) is 1. The van der Waals surface area contributed by atoms with Crippen LogP contribution in [0.5, 0.6) is 0 Å². The highest BCUT2D eigenvalue weighted by molar-refractivity contribution is 5.74. The summed E-state index contributed by atoms with van der Waals surface area (Å²) in [4.78, 5) is 15.3. The van der Waals surface area contributed by atoms with E-state index in [1.54, 1.807) is 4.90 Å². The summed E-state index contributed by atoms with van der Waals surface area (Å²) in [6.45, 7) is 9.20. The van der Waals surface area contributed by atoms with Gasteiger partial charge in [-0.25, -0.2) is 4.79 Å². The number of nitrogens with zero attached hydrogens (tertiary/aromatic N) is 2. The van der Waals surface area contributed by atoms with Gasteiger partial charge in [0.1, 0.15) is 0 Å². The normalized spacial score (nSPS) is 12.8. The van der Waals surface area contributed by atoms with Gasteiger partial charge in [-0.3, -0.25) is 0 Å². The van der Waals surface area contributed by atoms with Gasteiger partial charge in [-0.1, -0.05) is 13.8 Å². The van der Waals surface area contributed by atoms with Crippen molar-refractivity contribution in [2.24, 2.45) is 5.92 Å². The first kappa shape index (κ1) is 13.3. The largest absolute Gasteiger partial charge is 0.328 e. The highest BCUT2D eigenvalue weighted by Crippen LogP contribution is 2.10. The molecule has 3 heteroatoms. The summed E-state index contributed by atoms with van der Waals surface area (Å²) < 4.78 is 0. The van der Waals surface area contributed by atoms with Crippen molar-refractivity contribution in [1.82, 2.24) is 9.80 Å². The molecule has 0 N–H and O–H groups in total. The van der Waals surface area contributed by atoms with Gasteiger partial charge in [-0.15, -0.1) is 0 Å². The van der Waals surface area contributed by atoms with E-state index in [0.29, 0.717) is 12.0 Å². The Balaban J connectivity index is 4.16. The molecule has 0 radical (unpaired) electrons. The Hall–Kier alpha value is -0.730. The van der Waals surface area contributed by atoms with Gasteiger partial charge in [0.05, 0.1) is 0 Å². The summed E-state index contributed by atoms with van der Waals surface area (Å²) in [5.74, 6) is 0.632. The van der Waals surface area contributed by atoms with E-state index in [9.17, 15) is 4.79 Å². The van der Waals surface area contributed by atoms with Gasteiger partial charge in [0.25, 0.3) is 0 Å². The van der Waals surface area contributed by atoms with E-state index in [2.05, 4.69) is 20.8 Å². The van der Waals surface area contributed by atoms with Crippen LogP contribution < -0.4 is 0 Å². The minimum absolute atomic E-state index is 0.112. The van der Waals surface area contributed by atoms with Crippen LogP contribution in [0.3, 0.4) is 0 Å². The number of urea groups is 1. The molecule has 0 heterocycles. The molecule has 3 nitrogen and oxygen atoms in total. The van der Waals surface area contributed by atoms with Gasteiger partial charge in [0.15, 0.2) is 0 Å². The van der Waals surface area contributed by atoms with Gasteiger partial charge < -0.3 is 9.80 Å². The lowest BCUT2D eigenvalue weighted by molar-refractivity contribution is 0.155. The molecule has 0 aliphatic rings. The molecule has 1 atom stereocenters. The van der Waals surface area contributed by atoms with Gasteiger partial charge in [0.2, 0.25) is 0 Å². The summed E-state index contributed by atoms with van der Waals surface area (Å²) in [5.41, 5.74) is 0. The Labute approximate surface area is 88.1 Å². The quantitative estimate of drug-likeness (QED) is 0.683. The molecule has 0 rings (SSSR count). The van der Waals surface area contributed by atoms with E-state index in [1.165, 1.54) is 0 Å². The van der Waals surface area contributed by atoms with Crippen LogP contribution in [0.25, 0.3) is 0 Å². The summed E-state index contributed by atoms with van der Waals surface area (Å²) >= 11 is 0. The Morgan fingerprint density at radius 1 is 1.21 bits per heavy atom. The van der Waals surface area contributed by atoms with Crippen molar-refractivity contribution in [2.75, 3.05) is 20.6 Å². The fourth-order valence-electron chi connectivity index (χ4n) is 1.43. The first-order chi connectivity index (χ1) is 6.40. The first-order valence-electron chi connectivity index (χ1n) is 5.38. The number of carbonyl (C=O) groups is 1. The maximum atomic E-state index is 11.7. The summed E-state index contributed by atoms with van der Waals surface area (Å²) in [5, 5.41) is 0. The Morgan fingerprint density at radius 2 is 1.71 bits per heavy atom. The van der Waals surface area contributed by atoms with Crippen molar-refractivity contribution in [3.63, 3.8) is 0 Å². The molecule has 84 valence electrons. The van der Waals surface area contributed by atoms with Crippen molar-refractivity contribution in [2.45, 2.75) is 40.2 Å². The molecule has 0 aromatic rings. The number of rotatable bonds is 4. The fraction of sp³-hybridized carbons (Fsp3) is 0.909. The minimum atomic E-state index is 0.112. The average molecular weight is 200 g/mol. The van der Waals surface area contributed by atoms with Gasteiger partial charge in [0, 0.05) is 26.7 Å². The minimum Gasteiger partial charge on any atom is -0.328 e. The number of hydrogen-bond donors (Lipinski definition) is 0. The molecule has 0 saturated carbocycles. The van der Waals surface area contributed by atoms with Crippen LogP contribution in [0.1, 0.15) is 34.1 Å².